The normalized spacial score (nSPS) is 10.7. The fourth-order valence-corrected chi connectivity index (χ4v) is 2.03. The third-order valence-corrected chi connectivity index (χ3v) is 2.98. The molecule has 4 nitrogen and oxygen atoms in total. The van der Waals surface area contributed by atoms with Crippen molar-refractivity contribution in [2.45, 2.75) is 6.42 Å². The lowest BCUT2D eigenvalue weighted by molar-refractivity contribution is 0.458. The first-order chi connectivity index (χ1) is 9.25. The quantitative estimate of drug-likeness (QED) is 0.713. The molecule has 1 aromatic carbocycles. The van der Waals surface area contributed by atoms with E-state index in [4.69, 9.17) is 4.42 Å². The van der Waals surface area contributed by atoms with Crippen LogP contribution in [0, 0.1) is 0 Å². The molecule has 1 N–H and O–H groups in total. The summed E-state index contributed by atoms with van der Waals surface area (Å²) >= 11 is 0. The minimum Gasteiger partial charge on any atom is -0.507 e. The number of hydrogen-bond acceptors (Lipinski definition) is 4. The fraction of sp³-hybridized carbons (Fsp3) is 0.0667. The number of hydrogen-bond donors (Lipinski definition) is 1. The first kappa shape index (κ1) is 11.5. The summed E-state index contributed by atoms with van der Waals surface area (Å²) in [5.74, 6) is -0.0179. The molecule has 3 rings (SSSR count). The third-order valence-electron chi connectivity index (χ3n) is 2.98. The molecule has 0 saturated carbocycles. The Balaban J connectivity index is 2.16. The highest BCUT2D eigenvalue weighted by molar-refractivity contribution is 5.84. The van der Waals surface area contributed by atoms with Gasteiger partial charge < -0.3 is 9.52 Å². The van der Waals surface area contributed by atoms with Gasteiger partial charge in [-0.3, -0.25) is 4.98 Å². The summed E-state index contributed by atoms with van der Waals surface area (Å²) in [6, 6.07) is 10.6. The van der Waals surface area contributed by atoms with Gasteiger partial charge in [-0.25, -0.2) is 4.79 Å². The Hall–Kier alpha value is -2.62. The molecule has 0 atom stereocenters. The van der Waals surface area contributed by atoms with E-state index < -0.39 is 5.63 Å². The molecule has 94 valence electrons. The van der Waals surface area contributed by atoms with Crippen LogP contribution in [0.15, 0.2) is 58.0 Å². The standard InChI is InChI=1S/C15H11NO3/c17-14-11-5-1-2-6-13(11)19-15(18)12(14)8-10-4-3-7-16-9-10/h1-7,9,17H,8H2. The minimum absolute atomic E-state index is 0.0179. The van der Waals surface area contributed by atoms with Crippen molar-refractivity contribution in [2.75, 3.05) is 0 Å². The molecule has 0 saturated heterocycles. The number of nitrogens with zero attached hydrogens (tertiary/aromatic N) is 1. The molecular formula is C15H11NO3. The van der Waals surface area contributed by atoms with E-state index in [2.05, 4.69) is 4.98 Å². The largest absolute Gasteiger partial charge is 0.507 e. The first-order valence-corrected chi connectivity index (χ1v) is 5.88. The second-order valence-corrected chi connectivity index (χ2v) is 4.25. The van der Waals surface area contributed by atoms with Crippen LogP contribution in [0.3, 0.4) is 0 Å². The van der Waals surface area contributed by atoms with Crippen LogP contribution >= 0.6 is 0 Å². The molecule has 0 aliphatic rings. The Labute approximate surface area is 109 Å². The summed E-state index contributed by atoms with van der Waals surface area (Å²) in [7, 11) is 0. The molecule has 0 amide bonds. The van der Waals surface area contributed by atoms with Gasteiger partial charge >= 0.3 is 5.63 Å². The molecule has 2 aromatic heterocycles. The van der Waals surface area contributed by atoms with Crippen LogP contribution in [0.2, 0.25) is 0 Å². The van der Waals surface area contributed by atoms with Gasteiger partial charge in [0.1, 0.15) is 11.3 Å². The lowest BCUT2D eigenvalue weighted by Gasteiger charge is -2.05. The van der Waals surface area contributed by atoms with E-state index in [0.29, 0.717) is 17.4 Å². The lowest BCUT2D eigenvalue weighted by Crippen LogP contribution is -2.08. The SMILES string of the molecule is O=c1oc2ccccc2c(O)c1Cc1cccnc1. The van der Waals surface area contributed by atoms with E-state index >= 15 is 0 Å². The predicted octanol–water partition coefficient (Wildman–Crippen LogP) is 2.48. The lowest BCUT2D eigenvalue weighted by atomic mass is 10.1. The summed E-state index contributed by atoms with van der Waals surface area (Å²) in [4.78, 5) is 15.9. The van der Waals surface area contributed by atoms with Crippen molar-refractivity contribution in [3.05, 3.63) is 70.3 Å². The van der Waals surface area contributed by atoms with Crippen molar-refractivity contribution in [1.29, 1.82) is 0 Å². The molecule has 0 fully saturated rings. The molecule has 0 spiro atoms. The summed E-state index contributed by atoms with van der Waals surface area (Å²) in [5.41, 5.74) is 0.979. The van der Waals surface area contributed by atoms with Crippen LogP contribution in [0.25, 0.3) is 11.0 Å². The highest BCUT2D eigenvalue weighted by atomic mass is 16.4. The second-order valence-electron chi connectivity index (χ2n) is 4.25. The van der Waals surface area contributed by atoms with Gasteiger partial charge in [0.05, 0.1) is 10.9 Å². The van der Waals surface area contributed by atoms with Crippen molar-refractivity contribution in [1.82, 2.24) is 4.98 Å². The van der Waals surface area contributed by atoms with Crippen LogP contribution < -0.4 is 5.63 Å². The van der Waals surface area contributed by atoms with E-state index in [-0.39, 0.29) is 11.3 Å². The van der Waals surface area contributed by atoms with Gasteiger partial charge in [0.2, 0.25) is 0 Å². The number of aromatic nitrogens is 1. The zero-order valence-electron chi connectivity index (χ0n) is 10.0. The van der Waals surface area contributed by atoms with E-state index in [1.165, 1.54) is 0 Å². The minimum atomic E-state index is -0.514. The summed E-state index contributed by atoms with van der Waals surface area (Å²) in [6.07, 6.45) is 3.62. The Morgan fingerprint density at radius 1 is 1.16 bits per heavy atom. The number of rotatable bonds is 2. The van der Waals surface area contributed by atoms with Gasteiger partial charge in [-0.1, -0.05) is 18.2 Å². The van der Waals surface area contributed by atoms with Gasteiger partial charge in [0, 0.05) is 18.8 Å². The topological polar surface area (TPSA) is 63.3 Å². The van der Waals surface area contributed by atoms with Gasteiger partial charge in [0.15, 0.2) is 0 Å². The van der Waals surface area contributed by atoms with Crippen LogP contribution in [0.5, 0.6) is 5.75 Å². The van der Waals surface area contributed by atoms with Crippen LogP contribution in [0.1, 0.15) is 11.1 Å². The van der Waals surface area contributed by atoms with Gasteiger partial charge in [-0.05, 0) is 23.8 Å². The maximum Gasteiger partial charge on any atom is 0.343 e. The smallest absolute Gasteiger partial charge is 0.343 e. The Morgan fingerprint density at radius 3 is 2.79 bits per heavy atom. The summed E-state index contributed by atoms with van der Waals surface area (Å²) in [5, 5.41) is 10.8. The van der Waals surface area contributed by atoms with Crippen LogP contribution in [-0.2, 0) is 6.42 Å². The number of aromatic hydroxyl groups is 1. The maximum absolute atomic E-state index is 11.9. The summed E-state index contributed by atoms with van der Waals surface area (Å²) < 4.78 is 5.21. The Kier molecular flexibility index (Phi) is 2.76. The molecule has 0 bridgehead atoms. The predicted molar refractivity (Wildman–Crippen MR) is 71.2 cm³/mol. The number of fused-ring (bicyclic) bond motifs is 1. The highest BCUT2D eigenvalue weighted by Gasteiger charge is 2.13. The third kappa shape index (κ3) is 2.08. The first-order valence-electron chi connectivity index (χ1n) is 5.88. The van der Waals surface area contributed by atoms with Crippen LogP contribution in [0.4, 0.5) is 0 Å². The van der Waals surface area contributed by atoms with Gasteiger partial charge in [0.25, 0.3) is 0 Å². The molecular weight excluding hydrogens is 242 g/mol. The van der Waals surface area contributed by atoms with E-state index in [1.54, 1.807) is 42.7 Å². The van der Waals surface area contributed by atoms with Crippen molar-refractivity contribution in [3.8, 4) is 5.75 Å². The molecule has 0 aliphatic carbocycles. The highest BCUT2D eigenvalue weighted by Crippen LogP contribution is 2.27. The second kappa shape index (κ2) is 4.57. The molecule has 19 heavy (non-hydrogen) atoms. The maximum atomic E-state index is 11.9. The summed E-state index contributed by atoms with van der Waals surface area (Å²) in [6.45, 7) is 0. The molecule has 0 unspecified atom stereocenters. The molecule has 3 aromatic rings. The average Bonchev–Trinajstić information content (AvgIpc) is 2.45. The average molecular weight is 253 g/mol. The van der Waals surface area contributed by atoms with Gasteiger partial charge in [-0.15, -0.1) is 0 Å². The van der Waals surface area contributed by atoms with Crippen LogP contribution in [-0.4, -0.2) is 10.1 Å². The number of benzene rings is 1. The van der Waals surface area contributed by atoms with Crippen molar-refractivity contribution >= 4 is 11.0 Å². The molecule has 4 heteroatoms. The Bertz CT molecular complexity index is 778. The van der Waals surface area contributed by atoms with Crippen molar-refractivity contribution in [2.24, 2.45) is 0 Å². The fourth-order valence-electron chi connectivity index (χ4n) is 2.03. The van der Waals surface area contributed by atoms with Gasteiger partial charge in [-0.2, -0.15) is 0 Å². The zero-order valence-corrected chi connectivity index (χ0v) is 10.0. The Morgan fingerprint density at radius 2 is 2.00 bits per heavy atom. The zero-order chi connectivity index (χ0) is 13.2. The monoisotopic (exact) mass is 253 g/mol. The molecule has 0 aliphatic heterocycles. The van der Waals surface area contributed by atoms with E-state index in [9.17, 15) is 9.90 Å². The van der Waals surface area contributed by atoms with E-state index in [1.807, 2.05) is 6.07 Å². The molecule has 2 heterocycles. The molecule has 0 radical (unpaired) electrons. The number of pyridine rings is 1. The number of para-hydroxylation sites is 1. The van der Waals surface area contributed by atoms with Crippen molar-refractivity contribution < 1.29 is 9.52 Å². The van der Waals surface area contributed by atoms with Crippen molar-refractivity contribution in [3.63, 3.8) is 0 Å². The van der Waals surface area contributed by atoms with E-state index in [0.717, 1.165) is 5.56 Å².